The lowest BCUT2D eigenvalue weighted by Gasteiger charge is -2.40. The molecule has 240 valence electrons. The van der Waals surface area contributed by atoms with Crippen molar-refractivity contribution in [1.82, 2.24) is 19.8 Å². The number of carbonyl (C=O) groups excluding carboxylic acids is 1. The van der Waals surface area contributed by atoms with Gasteiger partial charge in [-0.15, -0.1) is 0 Å². The first-order valence-corrected chi connectivity index (χ1v) is 15.3. The van der Waals surface area contributed by atoms with E-state index in [0.717, 1.165) is 30.9 Å². The first-order chi connectivity index (χ1) is 22.4. The summed E-state index contributed by atoms with van der Waals surface area (Å²) in [6.07, 6.45) is 0.884. The molecule has 11 nitrogen and oxygen atoms in total. The van der Waals surface area contributed by atoms with Gasteiger partial charge in [0, 0.05) is 51.9 Å². The fourth-order valence-electron chi connectivity index (χ4n) is 5.87. The number of nitrogens with one attached hydrogen (secondary N) is 1. The minimum absolute atomic E-state index is 0.135. The zero-order valence-corrected chi connectivity index (χ0v) is 26.8. The second-order valence-electron chi connectivity index (χ2n) is 11.3. The lowest BCUT2D eigenvalue weighted by Crippen LogP contribution is -2.53. The number of nitriles is 1. The molecule has 0 bridgehead atoms. The van der Waals surface area contributed by atoms with Crippen molar-refractivity contribution in [3.63, 3.8) is 0 Å². The van der Waals surface area contributed by atoms with Crippen molar-refractivity contribution in [2.75, 3.05) is 66.1 Å². The Hall–Kier alpha value is -4.92. The Labute approximate surface area is 268 Å². The Morgan fingerprint density at radius 2 is 1.83 bits per heavy atom. The highest BCUT2D eigenvalue weighted by atomic mass is 16.5. The summed E-state index contributed by atoms with van der Waals surface area (Å²) >= 11 is 0. The van der Waals surface area contributed by atoms with E-state index in [2.05, 4.69) is 28.2 Å². The predicted molar refractivity (Wildman–Crippen MR) is 177 cm³/mol. The summed E-state index contributed by atoms with van der Waals surface area (Å²) in [5, 5.41) is 12.9. The van der Waals surface area contributed by atoms with Crippen molar-refractivity contribution in [2.24, 2.45) is 0 Å². The number of anilines is 1. The van der Waals surface area contributed by atoms with Gasteiger partial charge in [-0.1, -0.05) is 18.2 Å². The molecular weight excluding hydrogens is 584 g/mol. The quantitative estimate of drug-likeness (QED) is 0.253. The molecule has 4 aromatic rings. The maximum atomic E-state index is 14.0. The fraction of sp³-hybridized carbons (Fsp3) is 0.371. The largest absolute Gasteiger partial charge is 0.493 e. The lowest BCUT2D eigenvalue weighted by molar-refractivity contribution is 0.0953. The molecule has 5 rings (SSSR count). The Balaban J connectivity index is 1.44. The van der Waals surface area contributed by atoms with Crippen molar-refractivity contribution in [1.29, 1.82) is 5.26 Å². The number of aromatic nitrogens is 2. The summed E-state index contributed by atoms with van der Waals surface area (Å²) < 4.78 is 18.0. The number of ether oxygens (including phenoxy) is 3. The average molecular weight is 625 g/mol. The Morgan fingerprint density at radius 3 is 2.59 bits per heavy atom. The van der Waals surface area contributed by atoms with Crippen LogP contribution in [0.2, 0.25) is 0 Å². The number of rotatable bonds is 12. The molecule has 1 N–H and O–H groups in total. The van der Waals surface area contributed by atoms with Crippen LogP contribution in [0.4, 0.5) is 5.69 Å². The van der Waals surface area contributed by atoms with Crippen LogP contribution in [-0.4, -0.2) is 87.6 Å². The van der Waals surface area contributed by atoms with E-state index in [1.807, 2.05) is 36.4 Å². The molecule has 1 aliphatic rings. The van der Waals surface area contributed by atoms with Gasteiger partial charge >= 0.3 is 0 Å². The minimum Gasteiger partial charge on any atom is -0.493 e. The molecule has 1 amide bonds. The molecule has 0 spiro atoms. The summed E-state index contributed by atoms with van der Waals surface area (Å²) in [5.74, 6) is 1.48. The third kappa shape index (κ3) is 7.14. The number of methoxy groups -OCH3 is 3. The number of aryl methyl sites for hydroxylation is 1. The topological polar surface area (TPSA) is 122 Å². The van der Waals surface area contributed by atoms with E-state index in [1.54, 1.807) is 50.2 Å². The predicted octanol–water partition coefficient (Wildman–Crippen LogP) is 3.27. The first-order valence-electron chi connectivity index (χ1n) is 15.3. The lowest BCUT2D eigenvalue weighted by atomic mass is 10.1. The second-order valence-corrected chi connectivity index (χ2v) is 11.3. The van der Waals surface area contributed by atoms with Crippen LogP contribution in [0.1, 0.15) is 27.3 Å². The number of nitrogens with zero attached hydrogens (tertiary/aromatic N) is 5. The minimum atomic E-state index is -0.347. The number of benzene rings is 3. The SMILES string of the molecule is COCC1CN(c2ccc3c(=O)n(CCc4ccc(OC)c(OC)c4)c(CCNC(=O)c4ccccc4C#N)nc3c2)CCN1C. The van der Waals surface area contributed by atoms with Crippen LogP contribution in [0, 0.1) is 11.3 Å². The molecule has 1 fully saturated rings. The van der Waals surface area contributed by atoms with Gasteiger partial charge in [0.15, 0.2) is 11.5 Å². The van der Waals surface area contributed by atoms with Gasteiger partial charge in [-0.3, -0.25) is 19.1 Å². The number of fused-ring (bicyclic) bond motifs is 1. The van der Waals surface area contributed by atoms with Crippen LogP contribution in [-0.2, 0) is 24.1 Å². The normalized spacial score (nSPS) is 15.0. The Morgan fingerprint density at radius 1 is 1.02 bits per heavy atom. The van der Waals surface area contributed by atoms with Gasteiger partial charge in [0.2, 0.25) is 0 Å². The van der Waals surface area contributed by atoms with Crippen LogP contribution in [0.25, 0.3) is 10.9 Å². The second kappa shape index (κ2) is 14.9. The van der Waals surface area contributed by atoms with Crippen molar-refractivity contribution >= 4 is 22.5 Å². The molecule has 0 aliphatic carbocycles. The molecule has 2 heterocycles. The van der Waals surface area contributed by atoms with Crippen molar-refractivity contribution in [3.8, 4) is 17.6 Å². The van der Waals surface area contributed by atoms with Crippen LogP contribution >= 0.6 is 0 Å². The number of piperazine rings is 1. The van der Waals surface area contributed by atoms with Crippen LogP contribution in [0.3, 0.4) is 0 Å². The number of carbonyl (C=O) groups is 1. The van der Waals surface area contributed by atoms with Crippen LogP contribution in [0.15, 0.2) is 65.5 Å². The summed E-state index contributed by atoms with van der Waals surface area (Å²) in [5.41, 5.74) is 3.08. The number of hydrogen-bond donors (Lipinski definition) is 1. The molecule has 11 heteroatoms. The van der Waals surface area contributed by atoms with Gasteiger partial charge in [0.1, 0.15) is 5.82 Å². The number of hydrogen-bond acceptors (Lipinski definition) is 9. The number of likely N-dealkylation sites (N-methyl/N-ethyl adjacent to an activating group) is 1. The van der Waals surface area contributed by atoms with E-state index in [0.29, 0.717) is 65.3 Å². The third-order valence-electron chi connectivity index (χ3n) is 8.52. The van der Waals surface area contributed by atoms with Gasteiger partial charge in [-0.25, -0.2) is 4.98 Å². The zero-order chi connectivity index (χ0) is 32.6. The average Bonchev–Trinajstić information content (AvgIpc) is 3.08. The molecule has 3 aromatic carbocycles. The van der Waals surface area contributed by atoms with Gasteiger partial charge in [0.25, 0.3) is 11.5 Å². The van der Waals surface area contributed by atoms with Crippen LogP contribution < -0.4 is 25.2 Å². The van der Waals surface area contributed by atoms with Crippen molar-refractivity contribution in [2.45, 2.75) is 25.4 Å². The first kappa shape index (κ1) is 32.5. The van der Waals surface area contributed by atoms with Crippen LogP contribution in [0.5, 0.6) is 11.5 Å². The highest BCUT2D eigenvalue weighted by Gasteiger charge is 2.25. The molecule has 1 aliphatic heterocycles. The highest BCUT2D eigenvalue weighted by Crippen LogP contribution is 2.28. The Kier molecular flexibility index (Phi) is 10.5. The molecule has 1 unspecified atom stereocenters. The molecule has 1 saturated heterocycles. The summed E-state index contributed by atoms with van der Waals surface area (Å²) in [6, 6.07) is 20.6. The monoisotopic (exact) mass is 624 g/mol. The number of amides is 1. The molecule has 46 heavy (non-hydrogen) atoms. The van der Waals surface area contributed by atoms with Gasteiger partial charge in [0.05, 0.1) is 55.0 Å². The van der Waals surface area contributed by atoms with Gasteiger partial charge in [-0.05, 0) is 61.5 Å². The maximum Gasteiger partial charge on any atom is 0.261 e. The standard InChI is InChI=1S/C35H40N6O5/c1-39-17-18-40(22-27(39)23-44-2)26-10-11-29-30(20-26)38-33(13-15-37-34(42)28-8-6-5-7-25(28)21-36)41(35(29)43)16-14-24-9-12-31(45-3)32(19-24)46-4/h5-12,19-20,27H,13-18,22-23H2,1-4H3,(H,37,42). The van der Waals surface area contributed by atoms with E-state index in [9.17, 15) is 14.9 Å². The fourth-order valence-corrected chi connectivity index (χ4v) is 5.87. The van der Waals surface area contributed by atoms with Crippen molar-refractivity contribution < 1.29 is 19.0 Å². The molecule has 0 radical (unpaired) electrons. The van der Waals surface area contributed by atoms with Crippen molar-refractivity contribution in [3.05, 3.63) is 93.5 Å². The van der Waals surface area contributed by atoms with Gasteiger partial charge in [-0.2, -0.15) is 5.26 Å². The van der Waals surface area contributed by atoms with E-state index in [-0.39, 0.29) is 24.1 Å². The summed E-state index contributed by atoms with van der Waals surface area (Å²) in [6.45, 7) is 3.82. The summed E-state index contributed by atoms with van der Waals surface area (Å²) in [7, 11) is 7.01. The van der Waals surface area contributed by atoms with E-state index < -0.39 is 0 Å². The van der Waals surface area contributed by atoms with E-state index in [4.69, 9.17) is 19.2 Å². The van der Waals surface area contributed by atoms with E-state index >= 15 is 0 Å². The zero-order valence-electron chi connectivity index (χ0n) is 26.8. The van der Waals surface area contributed by atoms with E-state index in [1.165, 1.54) is 0 Å². The molecule has 1 aromatic heterocycles. The summed E-state index contributed by atoms with van der Waals surface area (Å²) in [4.78, 5) is 36.5. The maximum absolute atomic E-state index is 14.0. The smallest absolute Gasteiger partial charge is 0.261 e. The third-order valence-corrected chi connectivity index (χ3v) is 8.52. The Bertz CT molecular complexity index is 1800. The van der Waals surface area contributed by atoms with Gasteiger partial charge < -0.3 is 24.4 Å². The highest BCUT2D eigenvalue weighted by molar-refractivity contribution is 5.96. The molecular formula is C35H40N6O5. The molecule has 0 saturated carbocycles. The molecule has 1 atom stereocenters.